The van der Waals surface area contributed by atoms with Gasteiger partial charge in [0.2, 0.25) is 5.91 Å². The molecule has 2 radical (unpaired) electrons. The molecule has 0 bridgehead atoms. The van der Waals surface area contributed by atoms with Crippen molar-refractivity contribution in [2.75, 3.05) is 4.90 Å². The monoisotopic (exact) mass is 257 g/mol. The van der Waals surface area contributed by atoms with Crippen LogP contribution < -0.4 is 4.90 Å². The van der Waals surface area contributed by atoms with Crippen LogP contribution in [0.15, 0.2) is 48.5 Å². The van der Waals surface area contributed by atoms with Gasteiger partial charge in [-0.05, 0) is 30.1 Å². The van der Waals surface area contributed by atoms with Gasteiger partial charge in [-0.3, -0.25) is 4.79 Å². The standard InChI is InChI=1S/C17H12BNO/c18-11-17(20)19-12-15-7-2-1-5-13(15)9-10-14-6-3-4-8-16(14)19/h1-8H,11-12H2. The lowest BCUT2D eigenvalue weighted by Gasteiger charge is -2.25. The van der Waals surface area contributed by atoms with Crippen LogP contribution in [0.5, 0.6) is 0 Å². The average Bonchev–Trinajstić information content (AvgIpc) is 2.49. The lowest BCUT2D eigenvalue weighted by molar-refractivity contribution is -0.116. The summed E-state index contributed by atoms with van der Waals surface area (Å²) in [4.78, 5) is 13.9. The highest BCUT2D eigenvalue weighted by Gasteiger charge is 2.19. The molecular formula is C17H12BNO. The molecule has 1 heterocycles. The molecule has 0 unspecified atom stereocenters. The molecule has 3 rings (SSSR count). The van der Waals surface area contributed by atoms with Crippen LogP contribution in [0.3, 0.4) is 0 Å². The third-order valence-corrected chi connectivity index (χ3v) is 3.35. The Kier molecular flexibility index (Phi) is 3.31. The lowest BCUT2D eigenvalue weighted by atomic mass is 9.99. The maximum absolute atomic E-state index is 12.2. The van der Waals surface area contributed by atoms with Crippen molar-refractivity contribution < 1.29 is 4.79 Å². The van der Waals surface area contributed by atoms with Crippen LogP contribution in [0.25, 0.3) is 0 Å². The smallest absolute Gasteiger partial charge is 0.218 e. The van der Waals surface area contributed by atoms with Crippen molar-refractivity contribution in [3.63, 3.8) is 0 Å². The molecule has 94 valence electrons. The van der Waals surface area contributed by atoms with Gasteiger partial charge >= 0.3 is 0 Å². The Morgan fingerprint density at radius 2 is 1.70 bits per heavy atom. The van der Waals surface area contributed by atoms with Crippen molar-refractivity contribution in [1.82, 2.24) is 0 Å². The van der Waals surface area contributed by atoms with Crippen LogP contribution in [0, 0.1) is 11.8 Å². The van der Waals surface area contributed by atoms with E-state index in [0.717, 1.165) is 22.4 Å². The predicted molar refractivity (Wildman–Crippen MR) is 80.6 cm³/mol. The normalized spacial score (nSPS) is 12.3. The Bertz CT molecular complexity index is 727. The minimum absolute atomic E-state index is 0.00999. The number of fused-ring (bicyclic) bond motifs is 2. The summed E-state index contributed by atoms with van der Waals surface area (Å²) >= 11 is 0. The quantitative estimate of drug-likeness (QED) is 0.567. The van der Waals surface area contributed by atoms with E-state index in [-0.39, 0.29) is 12.2 Å². The summed E-state index contributed by atoms with van der Waals surface area (Å²) in [6.45, 7) is 0.498. The van der Waals surface area contributed by atoms with Gasteiger partial charge in [0, 0.05) is 11.1 Å². The summed E-state index contributed by atoms with van der Waals surface area (Å²) in [5.41, 5.74) is 3.67. The molecule has 0 saturated carbocycles. The molecule has 0 atom stereocenters. The maximum Gasteiger partial charge on any atom is 0.218 e. The molecule has 0 fully saturated rings. The fourth-order valence-electron chi connectivity index (χ4n) is 2.32. The largest absolute Gasteiger partial charge is 0.307 e. The van der Waals surface area contributed by atoms with Crippen LogP contribution >= 0.6 is 0 Å². The van der Waals surface area contributed by atoms with Gasteiger partial charge in [0.15, 0.2) is 0 Å². The lowest BCUT2D eigenvalue weighted by Crippen LogP contribution is -2.31. The number of anilines is 1. The number of amides is 1. The van der Waals surface area contributed by atoms with E-state index in [2.05, 4.69) is 11.8 Å². The van der Waals surface area contributed by atoms with Gasteiger partial charge in [-0.15, -0.1) is 0 Å². The highest BCUT2D eigenvalue weighted by Crippen LogP contribution is 2.25. The van der Waals surface area contributed by atoms with E-state index < -0.39 is 0 Å². The number of rotatable bonds is 1. The molecule has 20 heavy (non-hydrogen) atoms. The Morgan fingerprint density at radius 1 is 1.05 bits per heavy atom. The van der Waals surface area contributed by atoms with Gasteiger partial charge < -0.3 is 4.90 Å². The average molecular weight is 257 g/mol. The molecule has 0 aliphatic carbocycles. The SMILES string of the molecule is [B]CC(=O)N1Cc2ccccc2C#Cc2ccccc21. The second-order valence-corrected chi connectivity index (χ2v) is 4.61. The van der Waals surface area contributed by atoms with Crippen molar-refractivity contribution in [2.45, 2.75) is 12.9 Å². The van der Waals surface area contributed by atoms with Gasteiger partial charge in [0.1, 0.15) is 0 Å². The van der Waals surface area contributed by atoms with E-state index >= 15 is 0 Å². The zero-order chi connectivity index (χ0) is 13.9. The number of hydrogen-bond donors (Lipinski definition) is 0. The number of para-hydroxylation sites is 1. The van der Waals surface area contributed by atoms with Gasteiger partial charge in [0.05, 0.1) is 20.1 Å². The number of carbonyl (C=O) groups excluding carboxylic acids is 1. The molecule has 1 amide bonds. The summed E-state index contributed by atoms with van der Waals surface area (Å²) in [6.07, 6.45) is -0.00999. The molecule has 2 aromatic rings. The number of benzene rings is 2. The van der Waals surface area contributed by atoms with Crippen molar-refractivity contribution in [1.29, 1.82) is 0 Å². The summed E-state index contributed by atoms with van der Waals surface area (Å²) < 4.78 is 0. The Labute approximate surface area is 119 Å². The second-order valence-electron chi connectivity index (χ2n) is 4.61. The van der Waals surface area contributed by atoms with Crippen LogP contribution in [-0.2, 0) is 11.3 Å². The number of carbonyl (C=O) groups is 1. The molecule has 3 heteroatoms. The first-order chi connectivity index (χ1) is 9.79. The van der Waals surface area contributed by atoms with Crippen molar-refractivity contribution in [3.8, 4) is 11.8 Å². The van der Waals surface area contributed by atoms with Crippen molar-refractivity contribution >= 4 is 19.4 Å². The third kappa shape index (κ3) is 2.21. The second kappa shape index (κ2) is 5.26. The van der Waals surface area contributed by atoms with E-state index in [1.807, 2.05) is 48.5 Å². The van der Waals surface area contributed by atoms with Gasteiger partial charge in [-0.25, -0.2) is 0 Å². The number of hydrogen-bond acceptors (Lipinski definition) is 1. The highest BCUT2D eigenvalue weighted by molar-refractivity contribution is 6.22. The van der Waals surface area contributed by atoms with E-state index in [1.165, 1.54) is 0 Å². The zero-order valence-electron chi connectivity index (χ0n) is 11.0. The van der Waals surface area contributed by atoms with Gasteiger partial charge in [-0.1, -0.05) is 42.2 Å². The minimum atomic E-state index is -0.101. The predicted octanol–water partition coefficient (Wildman–Crippen LogP) is 2.52. The molecule has 0 aromatic heterocycles. The van der Waals surface area contributed by atoms with Gasteiger partial charge in [-0.2, -0.15) is 0 Å². The molecule has 2 aromatic carbocycles. The van der Waals surface area contributed by atoms with Crippen LogP contribution in [0.2, 0.25) is 6.32 Å². The molecule has 2 nitrogen and oxygen atoms in total. The van der Waals surface area contributed by atoms with Crippen molar-refractivity contribution in [3.05, 3.63) is 65.2 Å². The van der Waals surface area contributed by atoms with Crippen LogP contribution in [0.4, 0.5) is 5.69 Å². The molecule has 1 aliphatic heterocycles. The topological polar surface area (TPSA) is 20.3 Å². The maximum atomic E-state index is 12.2. The van der Waals surface area contributed by atoms with Crippen LogP contribution in [0.1, 0.15) is 16.7 Å². The first-order valence-electron chi connectivity index (χ1n) is 6.49. The Morgan fingerprint density at radius 3 is 2.50 bits per heavy atom. The van der Waals surface area contributed by atoms with Crippen LogP contribution in [-0.4, -0.2) is 13.8 Å². The highest BCUT2D eigenvalue weighted by atomic mass is 16.2. The van der Waals surface area contributed by atoms with Crippen molar-refractivity contribution in [2.24, 2.45) is 0 Å². The van der Waals surface area contributed by atoms with E-state index in [9.17, 15) is 4.79 Å². The summed E-state index contributed by atoms with van der Waals surface area (Å²) in [7, 11) is 5.54. The first kappa shape index (κ1) is 12.6. The fraction of sp³-hybridized carbons (Fsp3) is 0.118. The zero-order valence-corrected chi connectivity index (χ0v) is 11.0. The number of nitrogens with zero attached hydrogens (tertiary/aromatic N) is 1. The van der Waals surface area contributed by atoms with E-state index in [1.54, 1.807) is 4.90 Å². The summed E-state index contributed by atoms with van der Waals surface area (Å²) in [5.74, 6) is 6.22. The molecule has 1 aliphatic rings. The Balaban J connectivity index is 2.20. The summed E-state index contributed by atoms with van der Waals surface area (Å²) in [6, 6.07) is 15.5. The molecule has 0 saturated heterocycles. The fourth-order valence-corrected chi connectivity index (χ4v) is 2.32. The third-order valence-electron chi connectivity index (χ3n) is 3.35. The Hall–Kier alpha value is -2.47. The molecule has 0 N–H and O–H groups in total. The van der Waals surface area contributed by atoms with E-state index in [0.29, 0.717) is 6.54 Å². The van der Waals surface area contributed by atoms with E-state index in [4.69, 9.17) is 7.85 Å². The first-order valence-corrected chi connectivity index (χ1v) is 6.49. The molecular weight excluding hydrogens is 245 g/mol. The summed E-state index contributed by atoms with van der Waals surface area (Å²) in [5, 5.41) is 0. The van der Waals surface area contributed by atoms with Gasteiger partial charge in [0.25, 0.3) is 0 Å². The minimum Gasteiger partial charge on any atom is -0.307 e. The molecule has 0 spiro atoms.